The minimum Gasteiger partial charge on any atom is -0.381 e. The molecule has 0 aromatic carbocycles. The maximum atomic E-state index is 12.6. The van der Waals surface area contributed by atoms with Gasteiger partial charge in [0.05, 0.1) is 17.4 Å². The van der Waals surface area contributed by atoms with Crippen molar-refractivity contribution in [3.63, 3.8) is 0 Å². The Morgan fingerprint density at radius 1 is 1.36 bits per heavy atom. The van der Waals surface area contributed by atoms with E-state index >= 15 is 0 Å². The van der Waals surface area contributed by atoms with Crippen molar-refractivity contribution >= 4 is 11.6 Å². The van der Waals surface area contributed by atoms with Crippen molar-refractivity contribution in [2.24, 2.45) is 5.92 Å². The van der Waals surface area contributed by atoms with Crippen LogP contribution in [0.1, 0.15) is 43.0 Å². The zero-order valence-corrected chi connectivity index (χ0v) is 13.3. The third-order valence-corrected chi connectivity index (χ3v) is 4.61. The van der Waals surface area contributed by atoms with Gasteiger partial charge in [0.25, 0.3) is 5.91 Å². The van der Waals surface area contributed by atoms with Crippen LogP contribution in [-0.2, 0) is 4.74 Å². The van der Waals surface area contributed by atoms with Gasteiger partial charge in [0.1, 0.15) is 0 Å². The van der Waals surface area contributed by atoms with Crippen molar-refractivity contribution < 1.29 is 9.53 Å². The maximum absolute atomic E-state index is 12.6. The smallest absolute Gasteiger partial charge is 0.255 e. The topological polar surface area (TPSA) is 54.5 Å². The van der Waals surface area contributed by atoms with Gasteiger partial charge in [0, 0.05) is 38.6 Å². The Labute approximate surface area is 132 Å². The molecule has 5 nitrogen and oxygen atoms in total. The monoisotopic (exact) mass is 303 g/mol. The van der Waals surface area contributed by atoms with Crippen LogP contribution in [0.2, 0.25) is 0 Å². The number of carbonyl (C=O) groups is 1. The van der Waals surface area contributed by atoms with E-state index in [-0.39, 0.29) is 12.0 Å². The van der Waals surface area contributed by atoms with Crippen LogP contribution >= 0.6 is 0 Å². The molecule has 0 radical (unpaired) electrons. The number of nitrogens with zero attached hydrogens (tertiary/aromatic N) is 2. The molecule has 5 heteroatoms. The lowest BCUT2D eigenvalue weighted by molar-refractivity contribution is 0.0697. The zero-order chi connectivity index (χ0) is 15.4. The lowest BCUT2D eigenvalue weighted by atomic mass is 9.99. The highest BCUT2D eigenvalue weighted by Gasteiger charge is 2.22. The van der Waals surface area contributed by atoms with Crippen LogP contribution in [0.3, 0.4) is 0 Å². The highest BCUT2D eigenvalue weighted by Crippen LogP contribution is 2.19. The number of carbonyl (C=O) groups excluding carboxylic acids is 1. The molecule has 1 aromatic heterocycles. The Bertz CT molecular complexity index is 506. The minimum atomic E-state index is 0.0974. The standard InChI is InChI=1S/C17H25N3O2/c1-13-4-6-20(7-5-13)17(21)14-9-15(11-18-10-14)19-12-16-3-2-8-22-16/h9-11,13,16,19H,2-8,12H2,1H3. The fraction of sp³-hybridized carbons (Fsp3) is 0.647. The molecule has 0 bridgehead atoms. The van der Waals surface area contributed by atoms with E-state index in [1.807, 2.05) is 11.0 Å². The van der Waals surface area contributed by atoms with Gasteiger partial charge in [-0.1, -0.05) is 6.92 Å². The Kier molecular flexibility index (Phi) is 4.93. The molecule has 0 aliphatic carbocycles. The second-order valence-electron chi connectivity index (χ2n) is 6.45. The van der Waals surface area contributed by atoms with Crippen LogP contribution in [-0.4, -0.2) is 48.1 Å². The molecule has 3 heterocycles. The van der Waals surface area contributed by atoms with Gasteiger partial charge < -0.3 is 15.0 Å². The number of aromatic nitrogens is 1. The fourth-order valence-electron chi connectivity index (χ4n) is 3.08. The number of ether oxygens (including phenoxy) is 1. The van der Waals surface area contributed by atoms with Gasteiger partial charge in [-0.25, -0.2) is 0 Å². The Morgan fingerprint density at radius 2 is 2.18 bits per heavy atom. The second-order valence-corrected chi connectivity index (χ2v) is 6.45. The summed E-state index contributed by atoms with van der Waals surface area (Å²) in [6.45, 7) is 5.59. The number of likely N-dealkylation sites (tertiary alicyclic amines) is 1. The van der Waals surface area contributed by atoms with E-state index in [4.69, 9.17) is 4.74 Å². The molecule has 0 saturated carbocycles. The van der Waals surface area contributed by atoms with Crippen LogP contribution in [0, 0.1) is 5.92 Å². The highest BCUT2D eigenvalue weighted by molar-refractivity contribution is 5.94. The van der Waals surface area contributed by atoms with Crippen molar-refractivity contribution in [2.45, 2.75) is 38.7 Å². The van der Waals surface area contributed by atoms with Gasteiger partial charge in [-0.15, -0.1) is 0 Å². The molecule has 1 atom stereocenters. The summed E-state index contributed by atoms with van der Waals surface area (Å²) < 4.78 is 5.60. The van der Waals surface area contributed by atoms with Crippen molar-refractivity contribution in [3.8, 4) is 0 Å². The number of rotatable bonds is 4. The molecule has 120 valence electrons. The molecule has 22 heavy (non-hydrogen) atoms. The molecule has 3 rings (SSSR count). The van der Waals surface area contributed by atoms with Gasteiger partial charge >= 0.3 is 0 Å². The van der Waals surface area contributed by atoms with E-state index in [1.165, 1.54) is 0 Å². The first-order valence-corrected chi connectivity index (χ1v) is 8.32. The van der Waals surface area contributed by atoms with E-state index in [1.54, 1.807) is 12.4 Å². The Hall–Kier alpha value is -1.62. The Morgan fingerprint density at radius 3 is 2.91 bits per heavy atom. The molecule has 1 N–H and O–H groups in total. The average Bonchev–Trinajstić information content (AvgIpc) is 3.07. The van der Waals surface area contributed by atoms with E-state index in [0.717, 1.165) is 63.5 Å². The molecule has 1 aromatic rings. The van der Waals surface area contributed by atoms with Gasteiger partial charge in [-0.05, 0) is 37.7 Å². The molecular formula is C17H25N3O2. The average molecular weight is 303 g/mol. The molecule has 0 spiro atoms. The van der Waals surface area contributed by atoms with Crippen molar-refractivity contribution in [1.82, 2.24) is 9.88 Å². The van der Waals surface area contributed by atoms with Crippen LogP contribution in [0.15, 0.2) is 18.5 Å². The number of pyridine rings is 1. The fourth-order valence-corrected chi connectivity index (χ4v) is 3.08. The predicted molar refractivity (Wildman–Crippen MR) is 86.0 cm³/mol. The first-order valence-electron chi connectivity index (χ1n) is 8.32. The number of anilines is 1. The summed E-state index contributed by atoms with van der Waals surface area (Å²) in [5.74, 6) is 0.821. The summed E-state index contributed by atoms with van der Waals surface area (Å²) in [5, 5.41) is 3.33. The normalized spacial score (nSPS) is 22.8. The molecule has 2 saturated heterocycles. The summed E-state index contributed by atoms with van der Waals surface area (Å²) in [6.07, 6.45) is 8.14. The van der Waals surface area contributed by atoms with Gasteiger partial charge in [-0.3, -0.25) is 9.78 Å². The first kappa shape index (κ1) is 15.3. The first-order chi connectivity index (χ1) is 10.7. The van der Waals surface area contributed by atoms with Gasteiger partial charge in [0.15, 0.2) is 0 Å². The quantitative estimate of drug-likeness (QED) is 0.929. The number of amides is 1. The molecule has 2 fully saturated rings. The minimum absolute atomic E-state index is 0.0974. The van der Waals surface area contributed by atoms with Crippen LogP contribution < -0.4 is 5.32 Å². The molecule has 1 unspecified atom stereocenters. The van der Waals surface area contributed by atoms with Crippen molar-refractivity contribution in [3.05, 3.63) is 24.0 Å². The number of piperidine rings is 1. The van der Waals surface area contributed by atoms with E-state index in [9.17, 15) is 4.79 Å². The van der Waals surface area contributed by atoms with Crippen LogP contribution in [0.5, 0.6) is 0 Å². The summed E-state index contributed by atoms with van der Waals surface area (Å²) in [6, 6.07) is 1.91. The van der Waals surface area contributed by atoms with Gasteiger partial charge in [0.2, 0.25) is 0 Å². The summed E-state index contributed by atoms with van der Waals surface area (Å²) >= 11 is 0. The van der Waals surface area contributed by atoms with Crippen LogP contribution in [0.25, 0.3) is 0 Å². The third kappa shape index (κ3) is 3.77. The lowest BCUT2D eigenvalue weighted by Crippen LogP contribution is -2.38. The largest absolute Gasteiger partial charge is 0.381 e. The zero-order valence-electron chi connectivity index (χ0n) is 13.3. The predicted octanol–water partition coefficient (Wildman–Crippen LogP) is 2.54. The van der Waals surface area contributed by atoms with E-state index in [0.29, 0.717) is 5.56 Å². The lowest BCUT2D eigenvalue weighted by Gasteiger charge is -2.30. The third-order valence-electron chi connectivity index (χ3n) is 4.61. The Balaban J connectivity index is 1.59. The maximum Gasteiger partial charge on any atom is 0.255 e. The number of hydrogen-bond donors (Lipinski definition) is 1. The highest BCUT2D eigenvalue weighted by atomic mass is 16.5. The number of hydrogen-bond acceptors (Lipinski definition) is 4. The number of nitrogens with one attached hydrogen (secondary N) is 1. The van der Waals surface area contributed by atoms with E-state index in [2.05, 4.69) is 17.2 Å². The SMILES string of the molecule is CC1CCN(C(=O)c2cncc(NCC3CCCO3)c2)CC1. The molecular weight excluding hydrogens is 278 g/mol. The van der Waals surface area contributed by atoms with E-state index < -0.39 is 0 Å². The summed E-state index contributed by atoms with van der Waals surface area (Å²) in [4.78, 5) is 18.7. The van der Waals surface area contributed by atoms with Crippen molar-refractivity contribution in [1.29, 1.82) is 0 Å². The molecule has 2 aliphatic heterocycles. The van der Waals surface area contributed by atoms with Crippen molar-refractivity contribution in [2.75, 3.05) is 31.6 Å². The van der Waals surface area contributed by atoms with Gasteiger partial charge in [-0.2, -0.15) is 0 Å². The summed E-state index contributed by atoms with van der Waals surface area (Å²) in [7, 11) is 0. The second kappa shape index (κ2) is 7.09. The molecule has 2 aliphatic rings. The van der Waals surface area contributed by atoms with Crippen LogP contribution in [0.4, 0.5) is 5.69 Å². The molecule has 1 amide bonds. The summed E-state index contributed by atoms with van der Waals surface area (Å²) in [5.41, 5.74) is 1.57.